The van der Waals surface area contributed by atoms with Crippen LogP contribution in [-0.2, 0) is 4.79 Å². The SMILES string of the molecule is CSC1(CN2C3CCCC2CC(=O)C3)CC1. The van der Waals surface area contributed by atoms with E-state index in [2.05, 4.69) is 11.2 Å². The molecule has 0 aromatic heterocycles. The van der Waals surface area contributed by atoms with E-state index in [4.69, 9.17) is 0 Å². The molecule has 1 aliphatic carbocycles. The predicted octanol–water partition coefficient (Wildman–Crippen LogP) is 2.47. The van der Waals surface area contributed by atoms with Crippen LogP contribution < -0.4 is 0 Å². The fourth-order valence-corrected chi connectivity index (χ4v) is 4.21. The number of ketones is 1. The lowest BCUT2D eigenvalue weighted by atomic mass is 9.83. The topological polar surface area (TPSA) is 20.3 Å². The van der Waals surface area contributed by atoms with E-state index in [0.717, 1.165) is 12.8 Å². The molecule has 0 spiro atoms. The van der Waals surface area contributed by atoms with Gasteiger partial charge < -0.3 is 0 Å². The highest BCUT2D eigenvalue weighted by Crippen LogP contribution is 2.49. The molecular formula is C13H21NOS. The zero-order chi connectivity index (χ0) is 11.2. The monoisotopic (exact) mass is 239 g/mol. The summed E-state index contributed by atoms with van der Waals surface area (Å²) in [5.41, 5.74) is 0. The molecule has 1 saturated carbocycles. The summed E-state index contributed by atoms with van der Waals surface area (Å²) in [6.07, 6.45) is 10.5. The number of nitrogens with zero attached hydrogens (tertiary/aromatic N) is 1. The number of thioether (sulfide) groups is 1. The highest BCUT2D eigenvalue weighted by Gasteiger charge is 2.47. The second-order valence-corrected chi connectivity index (χ2v) is 7.02. The molecule has 0 aromatic rings. The predicted molar refractivity (Wildman–Crippen MR) is 67.9 cm³/mol. The summed E-state index contributed by atoms with van der Waals surface area (Å²) in [7, 11) is 0. The van der Waals surface area contributed by atoms with E-state index >= 15 is 0 Å². The summed E-state index contributed by atoms with van der Waals surface area (Å²) in [4.78, 5) is 14.3. The molecule has 0 aromatic carbocycles. The van der Waals surface area contributed by atoms with E-state index in [-0.39, 0.29) is 0 Å². The Morgan fingerprint density at radius 3 is 2.44 bits per heavy atom. The second kappa shape index (κ2) is 4.02. The van der Waals surface area contributed by atoms with Gasteiger partial charge in [0.1, 0.15) is 5.78 Å². The largest absolute Gasteiger partial charge is 0.300 e. The minimum atomic E-state index is 0.514. The first-order valence-electron chi connectivity index (χ1n) is 6.55. The highest BCUT2D eigenvalue weighted by atomic mass is 32.2. The molecule has 0 radical (unpaired) electrons. The maximum absolute atomic E-state index is 11.6. The van der Waals surface area contributed by atoms with Gasteiger partial charge in [0.15, 0.2) is 0 Å². The molecule has 3 fully saturated rings. The smallest absolute Gasteiger partial charge is 0.136 e. The summed E-state index contributed by atoms with van der Waals surface area (Å²) in [5, 5.41) is 0. The van der Waals surface area contributed by atoms with Crippen LogP contribution in [0.25, 0.3) is 0 Å². The fourth-order valence-electron chi connectivity index (χ4n) is 3.42. The van der Waals surface area contributed by atoms with Crippen LogP contribution in [0.5, 0.6) is 0 Å². The van der Waals surface area contributed by atoms with E-state index in [1.807, 2.05) is 11.8 Å². The minimum absolute atomic E-state index is 0.514. The number of hydrogen-bond acceptors (Lipinski definition) is 3. The summed E-state index contributed by atoms with van der Waals surface area (Å²) >= 11 is 2.04. The molecule has 2 aliphatic heterocycles. The number of carbonyl (C=O) groups is 1. The number of fused-ring (bicyclic) bond motifs is 2. The van der Waals surface area contributed by atoms with Crippen LogP contribution in [0.15, 0.2) is 0 Å². The van der Waals surface area contributed by atoms with Crippen LogP contribution in [0.1, 0.15) is 44.9 Å². The lowest BCUT2D eigenvalue weighted by Gasteiger charge is -2.46. The van der Waals surface area contributed by atoms with E-state index in [1.165, 1.54) is 38.6 Å². The molecular weight excluding hydrogens is 218 g/mol. The lowest BCUT2D eigenvalue weighted by Crippen LogP contribution is -2.54. The molecule has 2 atom stereocenters. The molecule has 2 unspecified atom stereocenters. The van der Waals surface area contributed by atoms with E-state index in [0.29, 0.717) is 22.6 Å². The minimum Gasteiger partial charge on any atom is -0.300 e. The summed E-state index contributed by atoms with van der Waals surface area (Å²) < 4.78 is 0.564. The normalized spacial score (nSPS) is 37.4. The molecule has 16 heavy (non-hydrogen) atoms. The van der Waals surface area contributed by atoms with Gasteiger partial charge in [0.2, 0.25) is 0 Å². The van der Waals surface area contributed by atoms with Gasteiger partial charge in [0, 0.05) is 36.2 Å². The van der Waals surface area contributed by atoms with Crippen molar-refractivity contribution < 1.29 is 4.79 Å². The van der Waals surface area contributed by atoms with Crippen molar-refractivity contribution in [2.75, 3.05) is 12.8 Å². The maximum Gasteiger partial charge on any atom is 0.136 e. The van der Waals surface area contributed by atoms with Crippen LogP contribution in [0.2, 0.25) is 0 Å². The van der Waals surface area contributed by atoms with Crippen LogP contribution >= 0.6 is 11.8 Å². The van der Waals surface area contributed by atoms with Crippen LogP contribution in [-0.4, -0.2) is 40.3 Å². The molecule has 2 saturated heterocycles. The molecule has 2 nitrogen and oxygen atoms in total. The van der Waals surface area contributed by atoms with Gasteiger partial charge in [-0.15, -0.1) is 0 Å². The van der Waals surface area contributed by atoms with Crippen LogP contribution in [0.4, 0.5) is 0 Å². The van der Waals surface area contributed by atoms with Crippen molar-refractivity contribution in [3.05, 3.63) is 0 Å². The van der Waals surface area contributed by atoms with Crippen LogP contribution in [0.3, 0.4) is 0 Å². The van der Waals surface area contributed by atoms with Crippen molar-refractivity contribution in [3.63, 3.8) is 0 Å². The van der Waals surface area contributed by atoms with Crippen molar-refractivity contribution in [2.45, 2.75) is 61.8 Å². The van der Waals surface area contributed by atoms with Crippen molar-refractivity contribution in [1.82, 2.24) is 4.90 Å². The Morgan fingerprint density at radius 1 is 1.31 bits per heavy atom. The number of Topliss-reactive ketones (excluding diaryl/α,β-unsaturated/α-hetero) is 1. The maximum atomic E-state index is 11.6. The van der Waals surface area contributed by atoms with Crippen molar-refractivity contribution >= 4 is 17.5 Å². The lowest BCUT2D eigenvalue weighted by molar-refractivity contribution is -0.127. The molecule has 2 bridgehead atoms. The molecule has 2 heterocycles. The second-order valence-electron chi connectivity index (χ2n) is 5.74. The third-order valence-corrected chi connectivity index (χ3v) is 6.05. The van der Waals surface area contributed by atoms with Gasteiger partial charge >= 0.3 is 0 Å². The van der Waals surface area contributed by atoms with Crippen molar-refractivity contribution in [1.29, 1.82) is 0 Å². The molecule has 3 aliphatic rings. The highest BCUT2D eigenvalue weighted by molar-refractivity contribution is 8.00. The van der Waals surface area contributed by atoms with Gasteiger partial charge in [-0.3, -0.25) is 9.69 Å². The first-order valence-corrected chi connectivity index (χ1v) is 7.77. The molecule has 0 N–H and O–H groups in total. The van der Waals surface area contributed by atoms with E-state index in [1.54, 1.807) is 0 Å². The van der Waals surface area contributed by atoms with Gasteiger partial charge in [-0.1, -0.05) is 6.42 Å². The number of hydrogen-bond donors (Lipinski definition) is 0. The van der Waals surface area contributed by atoms with Gasteiger partial charge in [-0.05, 0) is 31.9 Å². The van der Waals surface area contributed by atoms with Crippen LogP contribution in [0, 0.1) is 0 Å². The van der Waals surface area contributed by atoms with Crippen molar-refractivity contribution in [3.8, 4) is 0 Å². The zero-order valence-corrected chi connectivity index (χ0v) is 10.9. The molecule has 90 valence electrons. The van der Waals surface area contributed by atoms with Crippen molar-refractivity contribution in [2.24, 2.45) is 0 Å². The Labute approximate surface area is 102 Å². The zero-order valence-electron chi connectivity index (χ0n) is 10.1. The average Bonchev–Trinajstić information content (AvgIpc) is 3.00. The Balaban J connectivity index is 1.71. The number of rotatable bonds is 3. The summed E-state index contributed by atoms with van der Waals surface area (Å²) in [6, 6.07) is 1.18. The van der Waals surface area contributed by atoms with Gasteiger partial charge in [-0.25, -0.2) is 0 Å². The quantitative estimate of drug-likeness (QED) is 0.754. The third kappa shape index (κ3) is 1.92. The van der Waals surface area contributed by atoms with Gasteiger partial charge in [0.25, 0.3) is 0 Å². The van der Waals surface area contributed by atoms with Gasteiger partial charge in [0.05, 0.1) is 0 Å². The first kappa shape index (κ1) is 11.1. The Kier molecular flexibility index (Phi) is 2.79. The Morgan fingerprint density at radius 2 is 1.94 bits per heavy atom. The van der Waals surface area contributed by atoms with E-state index < -0.39 is 0 Å². The first-order chi connectivity index (χ1) is 7.72. The number of carbonyl (C=O) groups excluding carboxylic acids is 1. The summed E-state index contributed by atoms with van der Waals surface area (Å²) in [6.45, 7) is 1.25. The molecule has 0 amide bonds. The Hall–Kier alpha value is -0.0200. The van der Waals surface area contributed by atoms with E-state index in [9.17, 15) is 4.79 Å². The third-order valence-electron chi connectivity index (χ3n) is 4.65. The number of piperidine rings is 2. The standard InChI is InChI=1S/C13H21NOS/c1-16-13(5-6-13)9-14-10-3-2-4-11(14)8-12(15)7-10/h10-11H,2-9H2,1H3. The molecule has 3 heteroatoms. The summed E-state index contributed by atoms with van der Waals surface area (Å²) in [5.74, 6) is 0.514. The fraction of sp³-hybridized carbons (Fsp3) is 0.923. The average molecular weight is 239 g/mol. The van der Waals surface area contributed by atoms with Gasteiger partial charge in [-0.2, -0.15) is 11.8 Å². The molecule has 3 rings (SSSR count). The Bertz CT molecular complexity index is 284.